The Bertz CT molecular complexity index is 981. The molecule has 2 heterocycles. The lowest BCUT2D eigenvalue weighted by molar-refractivity contribution is -0.290. The highest BCUT2D eigenvalue weighted by molar-refractivity contribution is 5.99. The van der Waals surface area contributed by atoms with E-state index in [2.05, 4.69) is 46.1 Å². The molecule has 2 rings (SSSR count). The zero-order valence-electron chi connectivity index (χ0n) is 20.9. The highest BCUT2D eigenvalue weighted by atomic mass is 19.4. The molecule has 0 saturated carbocycles. The van der Waals surface area contributed by atoms with Crippen LogP contribution < -0.4 is 15.4 Å². The van der Waals surface area contributed by atoms with Gasteiger partial charge in [0.1, 0.15) is 0 Å². The maximum atomic E-state index is 13.0. The average Bonchev–Trinajstić information content (AvgIpc) is 2.80. The summed E-state index contributed by atoms with van der Waals surface area (Å²) in [6.45, 7) is 7.20. The van der Waals surface area contributed by atoms with Crippen molar-refractivity contribution >= 4 is 11.6 Å². The molecular weight excluding hydrogens is 483 g/mol. The van der Waals surface area contributed by atoms with Gasteiger partial charge in [-0.1, -0.05) is 33.3 Å². The molecule has 2 aromatic rings. The SMILES string of the molecule is CCCC(CNc1cnc(C)cc1C(=O)NCc1ccc(OCC(F)(F)C(F)(F)F)nc1)CC(C)C. The van der Waals surface area contributed by atoms with Crippen LogP contribution in [0.1, 0.15) is 61.6 Å². The Balaban J connectivity index is 1.98. The molecule has 0 bridgehead atoms. The van der Waals surface area contributed by atoms with Gasteiger partial charge < -0.3 is 15.4 Å². The number of amides is 1. The van der Waals surface area contributed by atoms with E-state index >= 15 is 0 Å². The number of anilines is 1. The van der Waals surface area contributed by atoms with Crippen molar-refractivity contribution in [1.29, 1.82) is 0 Å². The molecule has 0 radical (unpaired) electrons. The van der Waals surface area contributed by atoms with E-state index in [0.29, 0.717) is 34.3 Å². The number of aromatic nitrogens is 2. The van der Waals surface area contributed by atoms with Gasteiger partial charge in [-0.15, -0.1) is 0 Å². The Morgan fingerprint density at radius 1 is 1.11 bits per heavy atom. The van der Waals surface area contributed by atoms with Crippen molar-refractivity contribution in [3.05, 3.63) is 47.4 Å². The monoisotopic (exact) mass is 516 g/mol. The van der Waals surface area contributed by atoms with Crippen LogP contribution in [0, 0.1) is 18.8 Å². The number of rotatable bonds is 13. The Kier molecular flexibility index (Phi) is 10.4. The number of carbonyl (C=O) groups excluding carboxylic acids is 1. The van der Waals surface area contributed by atoms with Crippen molar-refractivity contribution in [2.24, 2.45) is 11.8 Å². The normalized spacial score (nSPS) is 12.9. The molecule has 0 aromatic carbocycles. The molecule has 0 aliphatic rings. The summed E-state index contributed by atoms with van der Waals surface area (Å²) in [5.41, 5.74) is 2.25. The zero-order chi connectivity index (χ0) is 26.9. The Morgan fingerprint density at radius 2 is 1.83 bits per heavy atom. The van der Waals surface area contributed by atoms with Gasteiger partial charge in [0.25, 0.3) is 5.91 Å². The summed E-state index contributed by atoms with van der Waals surface area (Å²) in [6, 6.07) is 4.28. The number of carbonyl (C=O) groups is 1. The topological polar surface area (TPSA) is 76.1 Å². The predicted octanol–water partition coefficient (Wildman–Crippen LogP) is 6.17. The Labute approximate surface area is 208 Å². The molecule has 36 heavy (non-hydrogen) atoms. The molecule has 0 spiro atoms. The first-order chi connectivity index (χ1) is 16.8. The van der Waals surface area contributed by atoms with Crippen LogP contribution in [0.25, 0.3) is 0 Å². The van der Waals surface area contributed by atoms with Crippen molar-refractivity contribution in [2.75, 3.05) is 18.5 Å². The fourth-order valence-corrected chi connectivity index (χ4v) is 3.65. The Morgan fingerprint density at radius 3 is 2.42 bits per heavy atom. The van der Waals surface area contributed by atoms with Gasteiger partial charge in [-0.2, -0.15) is 22.0 Å². The first kappa shape index (κ1) is 29.3. The molecule has 0 aliphatic carbocycles. The highest BCUT2D eigenvalue weighted by Crippen LogP contribution is 2.35. The minimum Gasteiger partial charge on any atom is -0.471 e. The second kappa shape index (κ2) is 12.8. The van der Waals surface area contributed by atoms with E-state index in [1.54, 1.807) is 19.2 Å². The van der Waals surface area contributed by atoms with E-state index in [0.717, 1.165) is 25.8 Å². The third-order valence-electron chi connectivity index (χ3n) is 5.43. The van der Waals surface area contributed by atoms with Gasteiger partial charge in [0.2, 0.25) is 5.88 Å². The fraction of sp³-hybridized carbons (Fsp3) is 0.560. The summed E-state index contributed by atoms with van der Waals surface area (Å²) < 4.78 is 67.2. The van der Waals surface area contributed by atoms with E-state index in [4.69, 9.17) is 0 Å². The summed E-state index contributed by atoms with van der Waals surface area (Å²) in [5.74, 6) is -4.68. The molecule has 6 nitrogen and oxygen atoms in total. The quantitative estimate of drug-likeness (QED) is 0.312. The molecule has 1 atom stereocenters. The number of hydrogen-bond acceptors (Lipinski definition) is 5. The van der Waals surface area contributed by atoms with Crippen LogP contribution in [0.2, 0.25) is 0 Å². The van der Waals surface area contributed by atoms with E-state index < -0.39 is 18.7 Å². The second-order valence-electron chi connectivity index (χ2n) is 9.21. The van der Waals surface area contributed by atoms with Crippen molar-refractivity contribution in [3.63, 3.8) is 0 Å². The van der Waals surface area contributed by atoms with Gasteiger partial charge in [0.05, 0.1) is 17.4 Å². The number of hydrogen-bond donors (Lipinski definition) is 2. The molecule has 0 fully saturated rings. The fourth-order valence-electron chi connectivity index (χ4n) is 3.65. The summed E-state index contributed by atoms with van der Waals surface area (Å²) >= 11 is 0. The molecule has 0 aliphatic heterocycles. The maximum Gasteiger partial charge on any atom is 0.456 e. The maximum absolute atomic E-state index is 13.0. The minimum atomic E-state index is -5.71. The van der Waals surface area contributed by atoms with Crippen LogP contribution in [-0.2, 0) is 6.54 Å². The predicted molar refractivity (Wildman–Crippen MR) is 127 cm³/mol. The molecule has 0 saturated heterocycles. The van der Waals surface area contributed by atoms with Crippen LogP contribution in [-0.4, -0.2) is 41.1 Å². The average molecular weight is 517 g/mol. The summed E-state index contributed by atoms with van der Waals surface area (Å²) in [6.07, 6.45) is 0.379. The standard InChI is InChI=1S/C25H33F5N4O2/c1-5-6-18(9-16(2)3)11-32-21-14-31-17(4)10-20(21)23(35)34-13-19-7-8-22(33-12-19)36-15-24(26,27)25(28,29)30/h7-8,10,12,14,16,18,32H,5-6,9,11,13,15H2,1-4H3,(H,34,35). The number of pyridine rings is 2. The van der Waals surface area contributed by atoms with Crippen LogP contribution in [0.5, 0.6) is 5.88 Å². The van der Waals surface area contributed by atoms with Gasteiger partial charge in [-0.3, -0.25) is 9.78 Å². The second-order valence-corrected chi connectivity index (χ2v) is 9.21. The lowest BCUT2D eigenvalue weighted by atomic mass is 9.93. The van der Waals surface area contributed by atoms with Gasteiger partial charge in [-0.25, -0.2) is 4.98 Å². The summed E-state index contributed by atoms with van der Waals surface area (Å²) in [7, 11) is 0. The van der Waals surface area contributed by atoms with Crippen LogP contribution in [0.3, 0.4) is 0 Å². The van der Waals surface area contributed by atoms with Gasteiger partial charge in [0, 0.05) is 31.0 Å². The van der Waals surface area contributed by atoms with E-state index in [1.807, 2.05) is 0 Å². The zero-order valence-corrected chi connectivity index (χ0v) is 20.9. The van der Waals surface area contributed by atoms with Crippen molar-refractivity contribution in [3.8, 4) is 5.88 Å². The summed E-state index contributed by atoms with van der Waals surface area (Å²) in [5, 5.41) is 6.13. The molecule has 1 amide bonds. The van der Waals surface area contributed by atoms with Crippen LogP contribution in [0.15, 0.2) is 30.6 Å². The number of alkyl halides is 5. The molecule has 11 heteroatoms. The number of aryl methyl sites for hydroxylation is 1. The lowest BCUT2D eigenvalue weighted by Gasteiger charge is -2.21. The van der Waals surface area contributed by atoms with Crippen molar-refractivity contribution < 1.29 is 31.5 Å². The molecule has 200 valence electrons. The first-order valence-corrected chi connectivity index (χ1v) is 11.8. The van der Waals surface area contributed by atoms with Gasteiger partial charge in [-0.05, 0) is 43.2 Å². The number of halogens is 5. The number of nitrogens with one attached hydrogen (secondary N) is 2. The number of ether oxygens (including phenoxy) is 1. The third kappa shape index (κ3) is 8.91. The lowest BCUT2D eigenvalue weighted by Crippen LogP contribution is -2.41. The minimum absolute atomic E-state index is 0.0669. The van der Waals surface area contributed by atoms with Crippen molar-refractivity contribution in [1.82, 2.24) is 15.3 Å². The van der Waals surface area contributed by atoms with Gasteiger partial charge >= 0.3 is 12.1 Å². The Hall–Kier alpha value is -2.98. The van der Waals surface area contributed by atoms with Gasteiger partial charge in [0.15, 0.2) is 6.61 Å². The molecular formula is C25H33F5N4O2. The molecule has 1 unspecified atom stereocenters. The largest absolute Gasteiger partial charge is 0.471 e. The van der Waals surface area contributed by atoms with Crippen LogP contribution in [0.4, 0.5) is 27.6 Å². The van der Waals surface area contributed by atoms with E-state index in [-0.39, 0.29) is 18.3 Å². The smallest absolute Gasteiger partial charge is 0.456 e. The van der Waals surface area contributed by atoms with E-state index in [9.17, 15) is 26.7 Å². The number of nitrogens with zero attached hydrogens (tertiary/aromatic N) is 2. The summed E-state index contributed by atoms with van der Waals surface area (Å²) in [4.78, 5) is 20.9. The third-order valence-corrected chi connectivity index (χ3v) is 5.43. The highest BCUT2D eigenvalue weighted by Gasteiger charge is 2.58. The van der Waals surface area contributed by atoms with Crippen LogP contribution >= 0.6 is 0 Å². The first-order valence-electron chi connectivity index (χ1n) is 11.8. The van der Waals surface area contributed by atoms with E-state index in [1.165, 1.54) is 18.3 Å². The van der Waals surface area contributed by atoms with Crippen molar-refractivity contribution in [2.45, 2.75) is 65.6 Å². The molecule has 2 aromatic heterocycles. The molecule has 2 N–H and O–H groups in total.